The van der Waals surface area contributed by atoms with Crippen LogP contribution < -0.4 is 0 Å². The first-order valence-corrected chi connectivity index (χ1v) is 8.77. The van der Waals surface area contributed by atoms with E-state index in [1.54, 1.807) is 18.2 Å². The number of carbonyl (C=O) groups excluding carboxylic acids is 1. The van der Waals surface area contributed by atoms with Crippen molar-refractivity contribution in [2.75, 3.05) is 0 Å². The van der Waals surface area contributed by atoms with Gasteiger partial charge in [-0.3, -0.25) is 4.79 Å². The third kappa shape index (κ3) is 2.63. The lowest BCUT2D eigenvalue weighted by atomic mass is 9.95. The fourth-order valence-corrected chi connectivity index (χ4v) is 3.70. The van der Waals surface area contributed by atoms with Crippen molar-refractivity contribution in [3.63, 3.8) is 0 Å². The molecule has 6 heteroatoms. The second-order valence-electron chi connectivity index (χ2n) is 6.75. The molecule has 0 unspecified atom stereocenters. The van der Waals surface area contributed by atoms with Gasteiger partial charge in [-0.25, -0.2) is 4.39 Å². The first-order valence-electron chi connectivity index (χ1n) is 8.39. The average Bonchev–Trinajstić information content (AvgIpc) is 3.32. The van der Waals surface area contributed by atoms with E-state index in [2.05, 4.69) is 10.2 Å². The highest BCUT2D eigenvalue weighted by molar-refractivity contribution is 6.33. The summed E-state index contributed by atoms with van der Waals surface area (Å²) in [4.78, 5) is 11.5. The molecule has 0 radical (unpaired) electrons. The van der Waals surface area contributed by atoms with Crippen LogP contribution in [-0.2, 0) is 12.5 Å². The lowest BCUT2D eigenvalue weighted by Gasteiger charge is -2.15. The SMILES string of the molecule is CC(=O)c1ccc(-c2nnc(C3(c4ccc(F)cc4)CC3)n2C)c(Cl)c1. The minimum Gasteiger partial charge on any atom is -0.313 e. The molecule has 0 atom stereocenters. The molecule has 132 valence electrons. The third-order valence-electron chi connectivity index (χ3n) is 5.07. The van der Waals surface area contributed by atoms with E-state index in [0.29, 0.717) is 16.4 Å². The van der Waals surface area contributed by atoms with Crippen LogP contribution in [0.1, 0.15) is 41.5 Å². The van der Waals surface area contributed by atoms with Crippen molar-refractivity contribution in [1.29, 1.82) is 0 Å². The monoisotopic (exact) mass is 369 g/mol. The number of aromatic nitrogens is 3. The zero-order valence-corrected chi connectivity index (χ0v) is 15.2. The number of Topliss-reactive ketones (excluding diaryl/α,β-unsaturated/α-hetero) is 1. The second kappa shape index (κ2) is 6.02. The Morgan fingerprint density at radius 2 is 1.85 bits per heavy atom. The van der Waals surface area contributed by atoms with E-state index in [-0.39, 0.29) is 17.0 Å². The Morgan fingerprint density at radius 3 is 2.42 bits per heavy atom. The molecule has 0 saturated heterocycles. The largest absolute Gasteiger partial charge is 0.313 e. The molecule has 0 bridgehead atoms. The van der Waals surface area contributed by atoms with Crippen molar-refractivity contribution in [3.05, 3.63) is 70.3 Å². The predicted octanol–water partition coefficient (Wildman–Crippen LogP) is 4.56. The summed E-state index contributed by atoms with van der Waals surface area (Å²) in [6.07, 6.45) is 1.89. The molecule has 26 heavy (non-hydrogen) atoms. The van der Waals surface area contributed by atoms with Gasteiger partial charge in [0.1, 0.15) is 11.6 Å². The number of rotatable bonds is 4. The van der Waals surface area contributed by atoms with Crippen molar-refractivity contribution in [2.24, 2.45) is 7.05 Å². The highest BCUT2D eigenvalue weighted by Crippen LogP contribution is 2.53. The van der Waals surface area contributed by atoms with E-state index in [9.17, 15) is 9.18 Å². The van der Waals surface area contributed by atoms with Crippen molar-refractivity contribution >= 4 is 17.4 Å². The van der Waals surface area contributed by atoms with Gasteiger partial charge in [-0.2, -0.15) is 0 Å². The minimum absolute atomic E-state index is 0.0367. The Morgan fingerprint density at radius 1 is 1.15 bits per heavy atom. The lowest BCUT2D eigenvalue weighted by Crippen LogP contribution is -2.15. The van der Waals surface area contributed by atoms with Gasteiger partial charge in [0.15, 0.2) is 11.6 Å². The van der Waals surface area contributed by atoms with Crippen molar-refractivity contribution in [2.45, 2.75) is 25.2 Å². The summed E-state index contributed by atoms with van der Waals surface area (Å²) in [6, 6.07) is 11.8. The molecule has 1 heterocycles. The van der Waals surface area contributed by atoms with Gasteiger partial charge in [-0.05, 0) is 49.6 Å². The number of ketones is 1. The Hall–Kier alpha value is -2.53. The van der Waals surface area contributed by atoms with Gasteiger partial charge >= 0.3 is 0 Å². The van der Waals surface area contributed by atoms with E-state index >= 15 is 0 Å². The maximum atomic E-state index is 13.3. The Kier molecular flexibility index (Phi) is 3.92. The molecule has 1 fully saturated rings. The van der Waals surface area contributed by atoms with Gasteiger partial charge in [0.25, 0.3) is 0 Å². The molecule has 4 rings (SSSR count). The summed E-state index contributed by atoms with van der Waals surface area (Å²) in [7, 11) is 1.91. The van der Waals surface area contributed by atoms with E-state index in [0.717, 1.165) is 29.8 Å². The standard InChI is InChI=1S/C20H17ClFN3O/c1-12(26)13-3-8-16(17(21)11-13)18-23-24-19(25(18)2)20(9-10-20)14-4-6-15(22)7-5-14/h3-8,11H,9-10H2,1-2H3. The van der Waals surface area contributed by atoms with Crippen LogP contribution in [0.4, 0.5) is 4.39 Å². The van der Waals surface area contributed by atoms with Crippen molar-refractivity contribution in [3.8, 4) is 11.4 Å². The molecule has 4 nitrogen and oxygen atoms in total. The van der Waals surface area contributed by atoms with Gasteiger partial charge in [0.2, 0.25) is 0 Å². The van der Waals surface area contributed by atoms with Gasteiger partial charge in [-0.1, -0.05) is 29.8 Å². The molecule has 3 aromatic rings. The Balaban J connectivity index is 1.76. The quantitative estimate of drug-likeness (QED) is 0.633. The highest BCUT2D eigenvalue weighted by Gasteiger charge is 2.50. The topological polar surface area (TPSA) is 47.8 Å². The van der Waals surface area contributed by atoms with Crippen molar-refractivity contribution in [1.82, 2.24) is 14.8 Å². The van der Waals surface area contributed by atoms with Crippen LogP contribution >= 0.6 is 11.6 Å². The second-order valence-corrected chi connectivity index (χ2v) is 7.15. The molecule has 0 N–H and O–H groups in total. The van der Waals surface area contributed by atoms with Gasteiger partial charge in [0, 0.05) is 18.2 Å². The van der Waals surface area contributed by atoms with Crippen LogP contribution in [0.15, 0.2) is 42.5 Å². The molecular formula is C20H17ClFN3O. The van der Waals surface area contributed by atoms with Crippen molar-refractivity contribution < 1.29 is 9.18 Å². The van der Waals surface area contributed by atoms with Crippen LogP contribution in [0, 0.1) is 5.82 Å². The van der Waals surface area contributed by atoms with Crippen LogP contribution in [0.2, 0.25) is 5.02 Å². The Bertz CT molecular complexity index is 1010. The number of hydrogen-bond acceptors (Lipinski definition) is 3. The molecule has 1 aromatic heterocycles. The minimum atomic E-state index is -0.249. The van der Waals surface area contributed by atoms with Gasteiger partial charge < -0.3 is 4.57 Å². The van der Waals surface area contributed by atoms with E-state index < -0.39 is 0 Å². The number of hydrogen-bond donors (Lipinski definition) is 0. The number of halogens is 2. The molecule has 0 amide bonds. The van der Waals surface area contributed by atoms with E-state index in [1.165, 1.54) is 19.1 Å². The molecule has 1 saturated carbocycles. The average molecular weight is 370 g/mol. The lowest BCUT2D eigenvalue weighted by molar-refractivity contribution is 0.101. The van der Waals surface area contributed by atoms with Crippen LogP contribution in [-0.4, -0.2) is 20.5 Å². The third-order valence-corrected chi connectivity index (χ3v) is 5.38. The normalized spacial score (nSPS) is 15.1. The number of carbonyl (C=O) groups is 1. The summed E-state index contributed by atoms with van der Waals surface area (Å²) >= 11 is 6.38. The zero-order valence-electron chi connectivity index (χ0n) is 14.5. The molecule has 1 aliphatic carbocycles. The van der Waals surface area contributed by atoms with Gasteiger partial charge in [0.05, 0.1) is 10.4 Å². The van der Waals surface area contributed by atoms with Crippen LogP contribution in [0.5, 0.6) is 0 Å². The smallest absolute Gasteiger partial charge is 0.165 e. The predicted molar refractivity (Wildman–Crippen MR) is 97.9 cm³/mol. The maximum absolute atomic E-state index is 13.3. The van der Waals surface area contributed by atoms with Crippen LogP contribution in [0.3, 0.4) is 0 Å². The molecule has 0 aliphatic heterocycles. The molecule has 2 aromatic carbocycles. The molecule has 1 aliphatic rings. The molecule has 0 spiro atoms. The summed E-state index contributed by atoms with van der Waals surface area (Å²) in [6.45, 7) is 1.51. The zero-order chi connectivity index (χ0) is 18.5. The Labute approximate surface area is 155 Å². The molecular weight excluding hydrogens is 353 g/mol. The number of benzene rings is 2. The maximum Gasteiger partial charge on any atom is 0.165 e. The summed E-state index contributed by atoms with van der Waals surface area (Å²) in [5, 5.41) is 9.22. The van der Waals surface area contributed by atoms with E-state index in [4.69, 9.17) is 11.6 Å². The summed E-state index contributed by atoms with van der Waals surface area (Å²) < 4.78 is 15.2. The van der Waals surface area contributed by atoms with Crippen LogP contribution in [0.25, 0.3) is 11.4 Å². The van der Waals surface area contributed by atoms with E-state index in [1.807, 2.05) is 23.7 Å². The number of nitrogens with zero attached hydrogens (tertiary/aromatic N) is 3. The summed E-state index contributed by atoms with van der Waals surface area (Å²) in [5.41, 5.74) is 2.11. The fourth-order valence-electron chi connectivity index (χ4n) is 3.43. The van der Waals surface area contributed by atoms with Gasteiger partial charge in [-0.15, -0.1) is 10.2 Å². The fraction of sp³-hybridized carbons (Fsp3) is 0.250. The highest BCUT2D eigenvalue weighted by atomic mass is 35.5. The first-order chi connectivity index (χ1) is 12.4. The first kappa shape index (κ1) is 16.9. The summed E-state index contributed by atoms with van der Waals surface area (Å²) in [5.74, 6) is 1.20.